The van der Waals surface area contributed by atoms with Gasteiger partial charge in [-0.25, -0.2) is 0 Å². The van der Waals surface area contributed by atoms with Crippen molar-refractivity contribution in [3.05, 3.63) is 65.7 Å². The van der Waals surface area contributed by atoms with E-state index in [1.807, 2.05) is 49.4 Å². The quantitative estimate of drug-likeness (QED) is 0.474. The van der Waals surface area contributed by atoms with Crippen LogP contribution in [0.3, 0.4) is 0 Å². The van der Waals surface area contributed by atoms with Gasteiger partial charge in [-0.2, -0.15) is 0 Å². The molecule has 25 heavy (non-hydrogen) atoms. The summed E-state index contributed by atoms with van der Waals surface area (Å²) in [6.45, 7) is 2.01. The summed E-state index contributed by atoms with van der Waals surface area (Å²) < 4.78 is 5.12. The highest BCUT2D eigenvalue weighted by atomic mass is 32.2. The van der Waals surface area contributed by atoms with Crippen molar-refractivity contribution in [2.24, 2.45) is 0 Å². The number of rotatable bonds is 6. The Morgan fingerprint density at radius 3 is 2.60 bits per heavy atom. The lowest BCUT2D eigenvalue weighted by atomic mass is 10.2. The third-order valence-electron chi connectivity index (χ3n) is 3.24. The minimum absolute atomic E-state index is 0.225. The largest absolute Gasteiger partial charge is 0.497 e. The fraction of sp³-hybridized carbons (Fsp3) is 0.158. The van der Waals surface area contributed by atoms with Crippen molar-refractivity contribution in [2.45, 2.75) is 11.8 Å². The molecule has 2 aromatic rings. The first-order valence-corrected chi connectivity index (χ1v) is 8.66. The molecule has 0 fully saturated rings. The normalized spacial score (nSPS) is 10.5. The monoisotopic (exact) mass is 356 g/mol. The lowest BCUT2D eigenvalue weighted by Gasteiger charge is -2.05. The van der Waals surface area contributed by atoms with Gasteiger partial charge in [0.15, 0.2) is 0 Å². The summed E-state index contributed by atoms with van der Waals surface area (Å²) in [5.41, 5.74) is 6.74. The molecule has 0 unspecified atom stereocenters. The van der Waals surface area contributed by atoms with Crippen LogP contribution >= 0.6 is 11.8 Å². The molecule has 2 aromatic carbocycles. The predicted octanol–water partition coefficient (Wildman–Crippen LogP) is 2.96. The van der Waals surface area contributed by atoms with Crippen molar-refractivity contribution in [1.82, 2.24) is 10.9 Å². The standard InChI is InChI=1S/C19H20N2O3S/c1-14-6-9-17(10-7-14)25-13-19(23)21-20-18(22)11-8-15-4-3-5-16(12-15)24-2/h3-12H,13H2,1-2H3,(H,20,22)(H,21,23)/b11-8+. The van der Waals surface area contributed by atoms with E-state index in [-0.39, 0.29) is 11.7 Å². The number of ether oxygens (including phenoxy) is 1. The maximum atomic E-state index is 11.8. The summed E-state index contributed by atoms with van der Waals surface area (Å²) in [7, 11) is 1.58. The molecule has 0 saturated carbocycles. The maximum Gasteiger partial charge on any atom is 0.262 e. The van der Waals surface area contributed by atoms with Gasteiger partial charge in [0.05, 0.1) is 12.9 Å². The number of nitrogens with one attached hydrogen (secondary N) is 2. The van der Waals surface area contributed by atoms with E-state index < -0.39 is 5.91 Å². The number of amides is 2. The smallest absolute Gasteiger partial charge is 0.262 e. The van der Waals surface area contributed by atoms with E-state index in [9.17, 15) is 9.59 Å². The van der Waals surface area contributed by atoms with Gasteiger partial charge in [0.1, 0.15) is 5.75 Å². The van der Waals surface area contributed by atoms with Crippen LogP contribution in [0.4, 0.5) is 0 Å². The minimum atomic E-state index is -0.406. The number of carbonyl (C=O) groups is 2. The van der Waals surface area contributed by atoms with Crippen molar-refractivity contribution in [2.75, 3.05) is 12.9 Å². The fourth-order valence-corrected chi connectivity index (χ4v) is 2.61. The number of hydrogen-bond acceptors (Lipinski definition) is 4. The summed E-state index contributed by atoms with van der Waals surface area (Å²) in [5, 5.41) is 0. The second-order valence-electron chi connectivity index (χ2n) is 5.25. The Morgan fingerprint density at radius 1 is 1.12 bits per heavy atom. The van der Waals surface area contributed by atoms with E-state index in [4.69, 9.17) is 4.74 Å². The molecule has 2 rings (SSSR count). The Morgan fingerprint density at radius 2 is 1.88 bits per heavy atom. The molecule has 0 radical (unpaired) electrons. The van der Waals surface area contributed by atoms with Crippen LogP contribution in [-0.2, 0) is 9.59 Å². The zero-order chi connectivity index (χ0) is 18.1. The zero-order valence-electron chi connectivity index (χ0n) is 14.1. The van der Waals surface area contributed by atoms with Gasteiger partial charge in [0.25, 0.3) is 5.91 Å². The van der Waals surface area contributed by atoms with Crippen LogP contribution in [0.5, 0.6) is 5.75 Å². The molecule has 0 aromatic heterocycles. The van der Waals surface area contributed by atoms with Crippen LogP contribution in [0.25, 0.3) is 6.08 Å². The van der Waals surface area contributed by atoms with Gasteiger partial charge in [-0.15, -0.1) is 11.8 Å². The van der Waals surface area contributed by atoms with Gasteiger partial charge in [-0.1, -0.05) is 29.8 Å². The van der Waals surface area contributed by atoms with E-state index in [0.29, 0.717) is 5.75 Å². The lowest BCUT2D eigenvalue weighted by molar-refractivity contribution is -0.125. The summed E-state index contributed by atoms with van der Waals surface area (Å²) in [4.78, 5) is 24.5. The number of aryl methyl sites for hydroxylation is 1. The highest BCUT2D eigenvalue weighted by molar-refractivity contribution is 8.00. The topological polar surface area (TPSA) is 67.4 Å². The molecule has 0 aliphatic carbocycles. The summed E-state index contributed by atoms with van der Waals surface area (Å²) in [6.07, 6.45) is 2.99. The van der Waals surface area contributed by atoms with Crippen LogP contribution in [0.1, 0.15) is 11.1 Å². The number of hydrogen-bond donors (Lipinski definition) is 2. The predicted molar refractivity (Wildman–Crippen MR) is 100 cm³/mol. The van der Waals surface area contributed by atoms with Crippen molar-refractivity contribution >= 4 is 29.7 Å². The van der Waals surface area contributed by atoms with Crippen molar-refractivity contribution < 1.29 is 14.3 Å². The third-order valence-corrected chi connectivity index (χ3v) is 4.25. The van der Waals surface area contributed by atoms with Crippen molar-refractivity contribution in [1.29, 1.82) is 0 Å². The molecule has 0 bridgehead atoms. The molecule has 2 N–H and O–H groups in total. The van der Waals surface area contributed by atoms with Gasteiger partial charge in [0, 0.05) is 11.0 Å². The SMILES string of the molecule is COc1cccc(/C=C/C(=O)NNC(=O)CSc2ccc(C)cc2)c1. The average molecular weight is 356 g/mol. The average Bonchev–Trinajstić information content (AvgIpc) is 2.64. The Labute approximate surface area is 151 Å². The summed E-state index contributed by atoms with van der Waals surface area (Å²) in [5.74, 6) is 0.261. The molecule has 0 heterocycles. The first-order valence-electron chi connectivity index (χ1n) is 7.67. The molecule has 0 saturated heterocycles. The minimum Gasteiger partial charge on any atom is -0.497 e. The number of hydrazine groups is 1. The van der Waals surface area contributed by atoms with Crippen molar-refractivity contribution in [3.8, 4) is 5.75 Å². The van der Waals surface area contributed by atoms with Gasteiger partial charge in [-0.05, 0) is 42.8 Å². The fourth-order valence-electron chi connectivity index (χ4n) is 1.91. The molecule has 130 valence electrons. The highest BCUT2D eigenvalue weighted by Gasteiger charge is 2.04. The second kappa shape index (κ2) is 9.54. The number of benzene rings is 2. The molecule has 5 nitrogen and oxygen atoms in total. The maximum absolute atomic E-state index is 11.8. The zero-order valence-corrected chi connectivity index (χ0v) is 14.9. The van der Waals surface area contributed by atoms with E-state index in [0.717, 1.165) is 10.5 Å². The van der Waals surface area contributed by atoms with Crippen LogP contribution in [-0.4, -0.2) is 24.7 Å². The molecule has 6 heteroatoms. The first kappa shape index (κ1) is 18.6. The molecule has 0 spiro atoms. The lowest BCUT2D eigenvalue weighted by Crippen LogP contribution is -2.41. The van der Waals surface area contributed by atoms with E-state index in [1.165, 1.54) is 23.4 Å². The van der Waals surface area contributed by atoms with E-state index >= 15 is 0 Å². The van der Waals surface area contributed by atoms with Crippen LogP contribution < -0.4 is 15.6 Å². The Hall–Kier alpha value is -2.73. The molecule has 2 amide bonds. The number of carbonyl (C=O) groups excluding carboxylic acids is 2. The summed E-state index contributed by atoms with van der Waals surface area (Å²) in [6, 6.07) is 15.2. The highest BCUT2D eigenvalue weighted by Crippen LogP contribution is 2.17. The first-order chi connectivity index (χ1) is 12.1. The molecular weight excluding hydrogens is 336 g/mol. The molecule has 0 atom stereocenters. The van der Waals surface area contributed by atoms with Crippen molar-refractivity contribution in [3.63, 3.8) is 0 Å². The van der Waals surface area contributed by atoms with Crippen LogP contribution in [0.15, 0.2) is 59.5 Å². The van der Waals surface area contributed by atoms with Gasteiger partial charge in [0.2, 0.25) is 5.91 Å². The van der Waals surface area contributed by atoms with Gasteiger partial charge in [-0.3, -0.25) is 20.4 Å². The summed E-state index contributed by atoms with van der Waals surface area (Å²) >= 11 is 1.41. The third kappa shape index (κ3) is 6.73. The Kier molecular flexibility index (Phi) is 7.10. The second-order valence-corrected chi connectivity index (χ2v) is 6.30. The van der Waals surface area contributed by atoms with Gasteiger partial charge >= 0.3 is 0 Å². The van der Waals surface area contributed by atoms with Crippen LogP contribution in [0.2, 0.25) is 0 Å². The van der Waals surface area contributed by atoms with E-state index in [2.05, 4.69) is 10.9 Å². The van der Waals surface area contributed by atoms with Gasteiger partial charge < -0.3 is 4.74 Å². The molecular formula is C19H20N2O3S. The molecule has 0 aliphatic heterocycles. The Balaban J connectivity index is 1.74. The van der Waals surface area contributed by atoms with Crippen LogP contribution in [0, 0.1) is 6.92 Å². The van der Waals surface area contributed by atoms with E-state index in [1.54, 1.807) is 19.3 Å². The Bertz CT molecular complexity index is 758. The molecule has 0 aliphatic rings. The number of methoxy groups -OCH3 is 1. The number of thioether (sulfide) groups is 1.